The second-order valence-corrected chi connectivity index (χ2v) is 9.69. The highest BCUT2D eigenvalue weighted by Gasteiger charge is 2.52. The van der Waals surface area contributed by atoms with E-state index < -0.39 is 11.5 Å². The average Bonchev–Trinajstić information content (AvgIpc) is 3.64. The Morgan fingerprint density at radius 3 is 2.34 bits per heavy atom. The van der Waals surface area contributed by atoms with Gasteiger partial charge in [-0.15, -0.1) is 5.10 Å². The molecule has 0 saturated heterocycles. The van der Waals surface area contributed by atoms with Gasteiger partial charge in [-0.05, 0) is 60.7 Å². The number of aryl methyl sites for hydroxylation is 1. The lowest BCUT2D eigenvalue weighted by molar-refractivity contribution is -0.130. The minimum absolute atomic E-state index is 0.137. The molecule has 1 unspecified atom stereocenters. The van der Waals surface area contributed by atoms with Crippen molar-refractivity contribution in [3.63, 3.8) is 0 Å². The highest BCUT2D eigenvalue weighted by atomic mass is 16.2. The quantitative estimate of drug-likeness (QED) is 0.381. The topological polar surface area (TPSA) is 113 Å². The van der Waals surface area contributed by atoms with Crippen molar-refractivity contribution in [1.82, 2.24) is 25.6 Å². The summed E-state index contributed by atoms with van der Waals surface area (Å²) in [5.74, 6) is -0.415. The van der Waals surface area contributed by atoms with Gasteiger partial charge in [0.25, 0.3) is 0 Å². The molecule has 190 valence electrons. The fourth-order valence-corrected chi connectivity index (χ4v) is 4.67. The van der Waals surface area contributed by atoms with Gasteiger partial charge >= 0.3 is 0 Å². The summed E-state index contributed by atoms with van der Waals surface area (Å²) in [7, 11) is 1.56. The number of nitriles is 1. The second kappa shape index (κ2) is 10.3. The van der Waals surface area contributed by atoms with Crippen LogP contribution in [0.5, 0.6) is 0 Å². The fraction of sp³-hybridized carbons (Fsp3) is 0.233. The van der Waals surface area contributed by atoms with Gasteiger partial charge in [0.05, 0.1) is 34.6 Å². The molecule has 1 aliphatic carbocycles. The first-order valence-electron chi connectivity index (χ1n) is 12.5. The maximum atomic E-state index is 13.3. The summed E-state index contributed by atoms with van der Waals surface area (Å²) >= 11 is 0. The van der Waals surface area contributed by atoms with E-state index in [9.17, 15) is 9.59 Å². The lowest BCUT2D eigenvalue weighted by atomic mass is 9.93. The van der Waals surface area contributed by atoms with Gasteiger partial charge < -0.3 is 10.6 Å². The standard InChI is InChI=1S/C30H28N6O2/c1-20-4-3-5-24(16-20)30(14-15-30)29(38)33-27(28(37)32-2)17-25-19-36(35-34-25)26-12-10-23(11-13-26)22-8-6-21(18-31)7-9-22/h3-13,16,19,27H,14-15,17H2,1-2H3,(H,32,37)(H,33,38). The van der Waals surface area contributed by atoms with Crippen molar-refractivity contribution >= 4 is 11.8 Å². The number of likely N-dealkylation sites (N-methyl/N-ethyl adjacent to an activating group) is 1. The van der Waals surface area contributed by atoms with Crippen LogP contribution in [-0.2, 0) is 21.4 Å². The van der Waals surface area contributed by atoms with E-state index in [1.165, 1.54) is 0 Å². The van der Waals surface area contributed by atoms with E-state index in [4.69, 9.17) is 5.26 Å². The number of nitrogens with zero attached hydrogens (tertiary/aromatic N) is 4. The van der Waals surface area contributed by atoms with Gasteiger partial charge in [0.15, 0.2) is 0 Å². The molecule has 1 aliphatic rings. The summed E-state index contributed by atoms with van der Waals surface area (Å²) in [5, 5.41) is 23.1. The van der Waals surface area contributed by atoms with E-state index >= 15 is 0 Å². The Morgan fingerprint density at radius 2 is 1.74 bits per heavy atom. The zero-order valence-electron chi connectivity index (χ0n) is 21.3. The number of carbonyl (C=O) groups excluding carboxylic acids is 2. The Kier molecular flexibility index (Phi) is 6.75. The number of nitrogens with one attached hydrogen (secondary N) is 2. The molecule has 4 aromatic rings. The number of aromatic nitrogens is 3. The average molecular weight is 505 g/mol. The fourth-order valence-electron chi connectivity index (χ4n) is 4.67. The minimum Gasteiger partial charge on any atom is -0.357 e. The Labute approximate surface area is 221 Å². The van der Waals surface area contributed by atoms with Crippen molar-refractivity contribution in [1.29, 1.82) is 5.26 Å². The molecule has 0 radical (unpaired) electrons. The van der Waals surface area contributed by atoms with Crippen LogP contribution in [0.3, 0.4) is 0 Å². The van der Waals surface area contributed by atoms with Gasteiger partial charge in [-0.3, -0.25) is 9.59 Å². The van der Waals surface area contributed by atoms with Crippen LogP contribution < -0.4 is 10.6 Å². The maximum absolute atomic E-state index is 13.3. The van der Waals surface area contributed by atoms with Crippen LogP contribution in [0.25, 0.3) is 16.8 Å². The number of carbonyl (C=O) groups is 2. The molecule has 1 atom stereocenters. The predicted octanol–water partition coefficient (Wildman–Crippen LogP) is 3.62. The van der Waals surface area contributed by atoms with E-state index in [2.05, 4.69) is 27.0 Å². The Balaban J connectivity index is 1.29. The molecule has 38 heavy (non-hydrogen) atoms. The summed E-state index contributed by atoms with van der Waals surface area (Å²) < 4.78 is 1.65. The molecule has 1 aromatic heterocycles. The molecule has 0 aliphatic heterocycles. The number of hydrogen-bond acceptors (Lipinski definition) is 5. The number of rotatable bonds is 8. The SMILES string of the molecule is CNC(=O)C(Cc1cn(-c2ccc(-c3ccc(C#N)cc3)cc2)nn1)NC(=O)C1(c2cccc(C)c2)CC1. The third-order valence-corrected chi connectivity index (χ3v) is 7.06. The third kappa shape index (κ3) is 5.04. The lowest BCUT2D eigenvalue weighted by Crippen LogP contribution is -2.50. The van der Waals surface area contributed by atoms with Gasteiger partial charge in [-0.2, -0.15) is 5.26 Å². The molecule has 1 heterocycles. The van der Waals surface area contributed by atoms with E-state index in [0.29, 0.717) is 11.3 Å². The van der Waals surface area contributed by atoms with Crippen molar-refractivity contribution in [2.45, 2.75) is 37.6 Å². The Morgan fingerprint density at radius 1 is 1.05 bits per heavy atom. The molecule has 0 bridgehead atoms. The number of amides is 2. The van der Waals surface area contributed by atoms with E-state index in [-0.39, 0.29) is 18.2 Å². The van der Waals surface area contributed by atoms with Gasteiger partial charge in [-0.1, -0.05) is 59.3 Å². The van der Waals surface area contributed by atoms with E-state index in [1.54, 1.807) is 30.1 Å². The van der Waals surface area contributed by atoms with Crippen LogP contribution in [0.4, 0.5) is 0 Å². The van der Waals surface area contributed by atoms with Gasteiger partial charge in [-0.25, -0.2) is 4.68 Å². The summed E-state index contributed by atoms with van der Waals surface area (Å²) in [6.45, 7) is 2.01. The molecule has 8 heteroatoms. The molecule has 2 N–H and O–H groups in total. The monoisotopic (exact) mass is 504 g/mol. The van der Waals surface area contributed by atoms with Crippen LogP contribution >= 0.6 is 0 Å². The molecular formula is C30H28N6O2. The van der Waals surface area contributed by atoms with Crippen LogP contribution in [0.15, 0.2) is 79.0 Å². The van der Waals surface area contributed by atoms with Crippen molar-refractivity contribution in [3.05, 3.63) is 101 Å². The first-order chi connectivity index (χ1) is 18.4. The predicted molar refractivity (Wildman–Crippen MR) is 143 cm³/mol. The molecule has 1 saturated carbocycles. The van der Waals surface area contributed by atoms with Crippen molar-refractivity contribution in [2.24, 2.45) is 0 Å². The van der Waals surface area contributed by atoms with Crippen LogP contribution in [0.2, 0.25) is 0 Å². The number of benzene rings is 3. The van der Waals surface area contributed by atoms with Gasteiger partial charge in [0, 0.05) is 13.5 Å². The maximum Gasteiger partial charge on any atom is 0.242 e. The smallest absolute Gasteiger partial charge is 0.242 e. The van der Waals surface area contributed by atoms with Gasteiger partial charge in [0.2, 0.25) is 11.8 Å². The highest BCUT2D eigenvalue weighted by Crippen LogP contribution is 2.48. The third-order valence-electron chi connectivity index (χ3n) is 7.06. The number of hydrogen-bond donors (Lipinski definition) is 2. The van der Waals surface area contributed by atoms with Gasteiger partial charge in [0.1, 0.15) is 6.04 Å². The van der Waals surface area contributed by atoms with E-state index in [0.717, 1.165) is 40.8 Å². The summed E-state index contributed by atoms with van der Waals surface area (Å²) in [4.78, 5) is 26.0. The van der Waals surface area contributed by atoms with Crippen LogP contribution in [0, 0.1) is 18.3 Å². The highest BCUT2D eigenvalue weighted by molar-refractivity contribution is 5.95. The normalized spacial score (nSPS) is 14.2. The molecular weight excluding hydrogens is 476 g/mol. The zero-order chi connectivity index (χ0) is 26.7. The van der Waals surface area contributed by atoms with Crippen LogP contribution in [-0.4, -0.2) is 39.9 Å². The molecule has 1 fully saturated rings. The summed E-state index contributed by atoms with van der Waals surface area (Å²) in [6, 6.07) is 24.6. The first kappa shape index (κ1) is 24.9. The van der Waals surface area contributed by atoms with E-state index in [1.807, 2.05) is 67.6 Å². The first-order valence-corrected chi connectivity index (χ1v) is 12.5. The molecule has 2 amide bonds. The lowest BCUT2D eigenvalue weighted by Gasteiger charge is -2.21. The largest absolute Gasteiger partial charge is 0.357 e. The second-order valence-electron chi connectivity index (χ2n) is 9.69. The molecule has 3 aromatic carbocycles. The van der Waals surface area contributed by atoms with Crippen LogP contribution in [0.1, 0.15) is 35.2 Å². The van der Waals surface area contributed by atoms with Crippen molar-refractivity contribution in [2.75, 3.05) is 7.05 Å². The minimum atomic E-state index is -0.765. The Bertz CT molecular complexity index is 1510. The van der Waals surface area contributed by atoms with Crippen molar-refractivity contribution < 1.29 is 9.59 Å². The molecule has 8 nitrogen and oxygen atoms in total. The summed E-state index contributed by atoms with van der Waals surface area (Å²) in [5.41, 5.74) is 5.57. The Hall–Kier alpha value is -4.77. The molecule has 5 rings (SSSR count). The van der Waals surface area contributed by atoms with Crippen molar-refractivity contribution in [3.8, 4) is 22.9 Å². The molecule has 0 spiro atoms. The zero-order valence-corrected chi connectivity index (χ0v) is 21.3. The summed E-state index contributed by atoms with van der Waals surface area (Å²) in [6.07, 6.45) is 3.51.